The summed E-state index contributed by atoms with van der Waals surface area (Å²) >= 11 is 0. The van der Waals surface area contributed by atoms with Crippen molar-refractivity contribution in [2.45, 2.75) is 26.3 Å². The van der Waals surface area contributed by atoms with Crippen molar-refractivity contribution in [3.8, 4) is 5.75 Å². The van der Waals surface area contributed by atoms with Crippen molar-refractivity contribution in [2.75, 3.05) is 46.0 Å². The lowest BCUT2D eigenvalue weighted by Crippen LogP contribution is -2.38. The van der Waals surface area contributed by atoms with Crippen molar-refractivity contribution in [1.82, 2.24) is 14.8 Å². The minimum Gasteiger partial charge on any atom is -0.507 e. The number of Topliss-reactive ketones (excluding diaryl/α,β-unsaturated/α-hetero) is 1. The highest BCUT2D eigenvalue weighted by Gasteiger charge is 2.45. The van der Waals surface area contributed by atoms with Gasteiger partial charge >= 0.3 is 0 Å². The zero-order valence-electron chi connectivity index (χ0n) is 20.4. The first kappa shape index (κ1) is 24.9. The summed E-state index contributed by atoms with van der Waals surface area (Å²) in [4.78, 5) is 34.2. The first-order valence-corrected chi connectivity index (χ1v) is 12.2. The Hall–Kier alpha value is -3.23. The summed E-state index contributed by atoms with van der Waals surface area (Å²) in [7, 11) is 0. The van der Waals surface area contributed by atoms with Gasteiger partial charge in [0, 0.05) is 44.1 Å². The van der Waals surface area contributed by atoms with Gasteiger partial charge in [-0.15, -0.1) is 0 Å². The number of ether oxygens (including phenoxy) is 2. The van der Waals surface area contributed by atoms with Gasteiger partial charge in [0.05, 0.1) is 31.4 Å². The second-order valence-corrected chi connectivity index (χ2v) is 9.31. The highest BCUT2D eigenvalue weighted by atomic mass is 16.5. The summed E-state index contributed by atoms with van der Waals surface area (Å²) in [6.45, 7) is 9.10. The largest absolute Gasteiger partial charge is 0.507 e. The fourth-order valence-electron chi connectivity index (χ4n) is 4.42. The number of hydrogen-bond acceptors (Lipinski definition) is 7. The quantitative estimate of drug-likeness (QED) is 0.335. The number of likely N-dealkylation sites (tertiary alicyclic amines) is 1. The number of amides is 1. The van der Waals surface area contributed by atoms with E-state index in [4.69, 9.17) is 9.47 Å². The molecule has 8 nitrogen and oxygen atoms in total. The molecule has 0 radical (unpaired) electrons. The zero-order chi connectivity index (χ0) is 24.8. The zero-order valence-corrected chi connectivity index (χ0v) is 20.4. The number of ketones is 1. The number of aromatic nitrogens is 1. The summed E-state index contributed by atoms with van der Waals surface area (Å²) in [6, 6.07) is 9.83. The fraction of sp³-hybridized carbons (Fsp3) is 0.444. The Kier molecular flexibility index (Phi) is 8.15. The molecule has 1 aromatic heterocycles. The smallest absolute Gasteiger partial charge is 0.295 e. The Labute approximate surface area is 206 Å². The number of aliphatic hydroxyl groups excluding tert-OH is 1. The molecule has 2 aliphatic rings. The van der Waals surface area contributed by atoms with Crippen LogP contribution >= 0.6 is 0 Å². The maximum Gasteiger partial charge on any atom is 0.295 e. The topological polar surface area (TPSA) is 92.2 Å². The van der Waals surface area contributed by atoms with E-state index in [2.05, 4.69) is 23.7 Å². The van der Waals surface area contributed by atoms with Crippen LogP contribution in [0, 0.1) is 5.92 Å². The number of nitrogens with zero attached hydrogens (tertiary/aromatic N) is 3. The molecule has 4 rings (SSSR count). The summed E-state index contributed by atoms with van der Waals surface area (Å²) in [6.07, 6.45) is 3.98. The van der Waals surface area contributed by atoms with Crippen LogP contribution < -0.4 is 4.74 Å². The van der Waals surface area contributed by atoms with Gasteiger partial charge in [0.25, 0.3) is 11.7 Å². The molecule has 2 fully saturated rings. The summed E-state index contributed by atoms with van der Waals surface area (Å²) in [5, 5.41) is 11.2. The second kappa shape index (κ2) is 11.5. The van der Waals surface area contributed by atoms with E-state index >= 15 is 0 Å². The Morgan fingerprint density at radius 1 is 1.09 bits per heavy atom. The van der Waals surface area contributed by atoms with E-state index in [-0.39, 0.29) is 11.3 Å². The van der Waals surface area contributed by atoms with Gasteiger partial charge in [-0.05, 0) is 54.3 Å². The van der Waals surface area contributed by atoms with Gasteiger partial charge in [0.2, 0.25) is 0 Å². The molecular weight excluding hydrogens is 446 g/mol. The summed E-state index contributed by atoms with van der Waals surface area (Å²) < 4.78 is 11.1. The molecule has 0 bridgehead atoms. The Morgan fingerprint density at radius 2 is 1.77 bits per heavy atom. The average Bonchev–Trinajstić information content (AvgIpc) is 3.13. The number of carbonyl (C=O) groups is 2. The highest BCUT2D eigenvalue weighted by Crippen LogP contribution is 2.39. The van der Waals surface area contributed by atoms with E-state index in [9.17, 15) is 14.7 Å². The highest BCUT2D eigenvalue weighted by molar-refractivity contribution is 6.46. The fourth-order valence-corrected chi connectivity index (χ4v) is 4.42. The maximum absolute atomic E-state index is 13.1. The molecule has 1 atom stereocenters. The first-order chi connectivity index (χ1) is 17.0. The van der Waals surface area contributed by atoms with E-state index in [0.717, 1.165) is 31.6 Å². The maximum atomic E-state index is 13.1. The van der Waals surface area contributed by atoms with Crippen LogP contribution in [0.5, 0.6) is 5.75 Å². The third kappa shape index (κ3) is 5.89. The van der Waals surface area contributed by atoms with Crippen LogP contribution in [0.4, 0.5) is 0 Å². The lowest BCUT2D eigenvalue weighted by atomic mass is 9.96. The van der Waals surface area contributed by atoms with Crippen molar-refractivity contribution < 1.29 is 24.2 Å². The number of carbonyl (C=O) groups excluding carboxylic acids is 2. The lowest BCUT2D eigenvalue weighted by molar-refractivity contribution is -0.140. The minimum absolute atomic E-state index is 0.100. The molecule has 0 spiro atoms. The standard InChI is InChI=1S/C27H33N3O5/c1-19(2)18-35-22-6-4-21(5-7-22)25(31)23-24(20-8-10-28-11-9-20)30(27(33)26(23)32)13-3-12-29-14-16-34-17-15-29/h4-11,19,24,31H,3,12-18H2,1-2H3/b25-23+/t24-/m1/s1. The molecule has 1 amide bonds. The monoisotopic (exact) mass is 479 g/mol. The number of benzene rings is 1. The van der Waals surface area contributed by atoms with Gasteiger partial charge in [-0.2, -0.15) is 0 Å². The van der Waals surface area contributed by atoms with Crippen LogP contribution in [0.2, 0.25) is 0 Å². The number of aliphatic hydroxyl groups is 1. The van der Waals surface area contributed by atoms with Crippen molar-refractivity contribution in [3.05, 3.63) is 65.5 Å². The van der Waals surface area contributed by atoms with Crippen molar-refractivity contribution in [2.24, 2.45) is 5.92 Å². The van der Waals surface area contributed by atoms with Gasteiger partial charge < -0.3 is 19.5 Å². The molecule has 0 saturated carbocycles. The van der Waals surface area contributed by atoms with Gasteiger partial charge in [-0.3, -0.25) is 19.5 Å². The molecule has 0 unspecified atom stereocenters. The predicted molar refractivity (Wildman–Crippen MR) is 132 cm³/mol. The number of morpholine rings is 1. The van der Waals surface area contributed by atoms with E-state index in [1.807, 2.05) is 0 Å². The third-order valence-corrected chi connectivity index (χ3v) is 6.25. The van der Waals surface area contributed by atoms with Gasteiger partial charge in [0.1, 0.15) is 11.5 Å². The number of rotatable bonds is 9. The minimum atomic E-state index is -0.671. The van der Waals surface area contributed by atoms with E-state index in [0.29, 0.717) is 43.6 Å². The summed E-state index contributed by atoms with van der Waals surface area (Å²) in [5.41, 5.74) is 1.31. The average molecular weight is 480 g/mol. The normalized spacial score (nSPS) is 20.5. The Balaban J connectivity index is 1.59. The molecule has 3 heterocycles. The second-order valence-electron chi connectivity index (χ2n) is 9.31. The summed E-state index contributed by atoms with van der Waals surface area (Å²) in [5.74, 6) is -0.369. The van der Waals surface area contributed by atoms with Crippen LogP contribution in [0.1, 0.15) is 37.4 Å². The first-order valence-electron chi connectivity index (χ1n) is 12.2. The van der Waals surface area contributed by atoms with Crippen LogP contribution in [0.15, 0.2) is 54.4 Å². The van der Waals surface area contributed by atoms with Crippen LogP contribution in [0.25, 0.3) is 5.76 Å². The third-order valence-electron chi connectivity index (χ3n) is 6.25. The molecule has 1 aromatic carbocycles. The number of hydrogen-bond donors (Lipinski definition) is 1. The predicted octanol–water partition coefficient (Wildman–Crippen LogP) is 3.26. The SMILES string of the molecule is CC(C)COc1ccc(/C(O)=C2\C(=O)C(=O)N(CCCN3CCOCC3)[C@@H]2c2ccncc2)cc1. The molecule has 186 valence electrons. The van der Waals surface area contributed by atoms with E-state index < -0.39 is 17.7 Å². The van der Waals surface area contributed by atoms with E-state index in [1.54, 1.807) is 53.7 Å². The molecule has 2 saturated heterocycles. The van der Waals surface area contributed by atoms with Gasteiger partial charge in [0.15, 0.2) is 0 Å². The molecule has 2 aliphatic heterocycles. The molecule has 0 aliphatic carbocycles. The van der Waals surface area contributed by atoms with Crippen molar-refractivity contribution in [1.29, 1.82) is 0 Å². The molecular formula is C27H33N3O5. The number of pyridine rings is 1. The molecule has 35 heavy (non-hydrogen) atoms. The van der Waals surface area contributed by atoms with Gasteiger partial charge in [-0.1, -0.05) is 13.8 Å². The Morgan fingerprint density at radius 3 is 2.43 bits per heavy atom. The van der Waals surface area contributed by atoms with Gasteiger partial charge in [-0.25, -0.2) is 0 Å². The van der Waals surface area contributed by atoms with Crippen molar-refractivity contribution >= 4 is 17.4 Å². The molecule has 8 heteroatoms. The van der Waals surface area contributed by atoms with Crippen LogP contribution in [0.3, 0.4) is 0 Å². The lowest BCUT2D eigenvalue weighted by Gasteiger charge is -2.29. The molecule has 1 N–H and O–H groups in total. The van der Waals surface area contributed by atoms with Crippen molar-refractivity contribution in [3.63, 3.8) is 0 Å². The van der Waals surface area contributed by atoms with E-state index in [1.165, 1.54) is 0 Å². The van der Waals surface area contributed by atoms with Crippen LogP contribution in [-0.2, 0) is 14.3 Å². The van der Waals surface area contributed by atoms with Crippen LogP contribution in [-0.4, -0.2) is 77.6 Å². The molecule has 2 aromatic rings. The Bertz CT molecular complexity index is 1050.